The molecule has 0 fully saturated rings. The molecule has 1 aromatic heterocycles. The molecule has 2 N–H and O–H groups in total. The van der Waals surface area contributed by atoms with Gasteiger partial charge < -0.3 is 15.0 Å². The van der Waals surface area contributed by atoms with E-state index in [9.17, 15) is 4.79 Å². The average Bonchev–Trinajstić information content (AvgIpc) is 2.91. The van der Waals surface area contributed by atoms with Crippen molar-refractivity contribution in [2.45, 2.75) is 19.4 Å². The normalized spacial score (nSPS) is 14.6. The number of aromatic nitrogens is 2. The molecule has 19 heavy (non-hydrogen) atoms. The Balaban J connectivity index is 1.99. The Hall–Kier alpha value is -2.14. The van der Waals surface area contributed by atoms with E-state index in [2.05, 4.69) is 16.0 Å². The van der Waals surface area contributed by atoms with Crippen molar-refractivity contribution in [2.75, 3.05) is 11.9 Å². The van der Waals surface area contributed by atoms with Gasteiger partial charge in [-0.3, -0.25) is 4.79 Å². The van der Waals surface area contributed by atoms with Crippen molar-refractivity contribution in [3.63, 3.8) is 0 Å². The molecule has 0 spiro atoms. The van der Waals surface area contributed by atoms with Crippen LogP contribution in [0, 0.1) is 0 Å². The summed E-state index contributed by atoms with van der Waals surface area (Å²) < 4.78 is 0. The van der Waals surface area contributed by atoms with E-state index < -0.39 is 0 Å². The zero-order chi connectivity index (χ0) is 13.4. The van der Waals surface area contributed by atoms with Gasteiger partial charge >= 0.3 is 0 Å². The minimum absolute atomic E-state index is 0.0951. The summed E-state index contributed by atoms with van der Waals surface area (Å²) in [5.41, 5.74) is 4.04. The first-order chi connectivity index (χ1) is 9.19. The number of carbonyl (C=O) groups is 1. The summed E-state index contributed by atoms with van der Waals surface area (Å²) in [4.78, 5) is 20.5. The number of carbonyl (C=O) groups excluding carboxylic acids is 1. The van der Waals surface area contributed by atoms with Crippen molar-refractivity contribution < 1.29 is 9.90 Å². The van der Waals surface area contributed by atoms with Gasteiger partial charge in [-0.15, -0.1) is 0 Å². The number of imidazole rings is 1. The summed E-state index contributed by atoms with van der Waals surface area (Å²) in [6.45, 7) is -0.0951. The Bertz CT molecular complexity index is 633. The number of anilines is 1. The zero-order valence-electron chi connectivity index (χ0n) is 10.7. The smallest absolute Gasteiger partial charge is 0.227 e. The molecule has 1 aliphatic heterocycles. The van der Waals surface area contributed by atoms with E-state index in [4.69, 9.17) is 5.11 Å². The van der Waals surface area contributed by atoms with Gasteiger partial charge in [-0.25, -0.2) is 4.98 Å². The van der Waals surface area contributed by atoms with Gasteiger partial charge in [0, 0.05) is 19.2 Å². The molecule has 0 radical (unpaired) electrons. The van der Waals surface area contributed by atoms with Crippen LogP contribution in [-0.4, -0.2) is 28.0 Å². The van der Waals surface area contributed by atoms with Crippen LogP contribution < -0.4 is 4.90 Å². The first kappa shape index (κ1) is 11.9. The molecular weight excluding hydrogens is 242 g/mol. The topological polar surface area (TPSA) is 69.2 Å². The molecule has 5 heteroatoms. The lowest BCUT2D eigenvalue weighted by molar-refractivity contribution is -0.118. The quantitative estimate of drug-likeness (QED) is 0.856. The summed E-state index contributed by atoms with van der Waals surface area (Å²) in [5, 5.41) is 9.02. The predicted octanol–water partition coefficient (Wildman–Crippen LogP) is 1.48. The fourth-order valence-corrected chi connectivity index (χ4v) is 2.41. The third-order valence-electron chi connectivity index (χ3n) is 3.51. The maximum atomic E-state index is 11.6. The van der Waals surface area contributed by atoms with Crippen LogP contribution in [0.1, 0.15) is 17.8 Å². The van der Waals surface area contributed by atoms with Crippen LogP contribution in [0.15, 0.2) is 24.4 Å². The van der Waals surface area contributed by atoms with Crippen LogP contribution in [0.2, 0.25) is 0 Å². The van der Waals surface area contributed by atoms with E-state index in [1.165, 1.54) is 5.56 Å². The molecular formula is C14H15N3O2. The van der Waals surface area contributed by atoms with Crippen molar-refractivity contribution in [1.29, 1.82) is 0 Å². The predicted molar refractivity (Wildman–Crippen MR) is 71.7 cm³/mol. The summed E-state index contributed by atoms with van der Waals surface area (Å²) in [6.07, 6.45) is 3.04. The van der Waals surface area contributed by atoms with E-state index in [-0.39, 0.29) is 12.5 Å². The van der Waals surface area contributed by atoms with Gasteiger partial charge in [-0.2, -0.15) is 0 Å². The Morgan fingerprint density at radius 1 is 1.42 bits per heavy atom. The highest BCUT2D eigenvalue weighted by molar-refractivity contribution is 5.96. The van der Waals surface area contributed by atoms with Crippen LogP contribution in [0.25, 0.3) is 11.3 Å². The van der Waals surface area contributed by atoms with Gasteiger partial charge in [0.15, 0.2) is 0 Å². The lowest BCUT2D eigenvalue weighted by Crippen LogP contribution is -2.30. The number of aliphatic hydroxyl groups excluding tert-OH is 1. The molecule has 2 aromatic rings. The van der Waals surface area contributed by atoms with Crippen LogP contribution in [0.4, 0.5) is 5.69 Å². The zero-order valence-corrected chi connectivity index (χ0v) is 10.7. The Labute approximate surface area is 110 Å². The fraction of sp³-hybridized carbons (Fsp3) is 0.286. The van der Waals surface area contributed by atoms with Gasteiger partial charge in [0.1, 0.15) is 12.4 Å². The Morgan fingerprint density at radius 3 is 3.00 bits per heavy atom. The molecule has 1 amide bonds. The minimum Gasteiger partial charge on any atom is -0.388 e. The number of hydrogen-bond donors (Lipinski definition) is 2. The summed E-state index contributed by atoms with van der Waals surface area (Å²) in [5.74, 6) is 0.712. The second-order valence-electron chi connectivity index (χ2n) is 4.70. The van der Waals surface area contributed by atoms with Gasteiger partial charge in [-0.1, -0.05) is 6.07 Å². The number of rotatable bonds is 2. The lowest BCUT2D eigenvalue weighted by Gasteiger charge is -2.26. The van der Waals surface area contributed by atoms with Gasteiger partial charge in [0.25, 0.3) is 0 Å². The third kappa shape index (κ3) is 2.02. The molecule has 1 aliphatic rings. The maximum Gasteiger partial charge on any atom is 0.227 e. The molecule has 0 unspecified atom stereocenters. The van der Waals surface area contributed by atoms with E-state index in [1.807, 2.05) is 12.1 Å². The number of nitrogens with zero attached hydrogens (tertiary/aromatic N) is 2. The van der Waals surface area contributed by atoms with Crippen molar-refractivity contribution >= 4 is 11.6 Å². The minimum atomic E-state index is -0.0951. The number of aryl methyl sites for hydroxylation is 1. The number of fused-ring (bicyclic) bond motifs is 1. The second kappa shape index (κ2) is 4.51. The highest BCUT2D eigenvalue weighted by Crippen LogP contribution is 2.30. The molecule has 0 bridgehead atoms. The summed E-state index contributed by atoms with van der Waals surface area (Å²) in [7, 11) is 1.81. The number of benzene rings is 1. The highest BCUT2D eigenvalue weighted by Gasteiger charge is 2.21. The standard InChI is InChI=1S/C14H15N3O2/c1-17-12-4-2-9(6-10(12)3-5-14(17)19)11-7-15-13(8-18)16-11/h2,4,6-7,18H,3,5,8H2,1H3,(H,15,16). The molecule has 98 valence electrons. The van der Waals surface area contributed by atoms with Crippen LogP contribution in [-0.2, 0) is 17.8 Å². The number of nitrogens with one attached hydrogen (secondary N) is 1. The van der Waals surface area contributed by atoms with Gasteiger partial charge in [-0.05, 0) is 29.7 Å². The average molecular weight is 257 g/mol. The van der Waals surface area contributed by atoms with Gasteiger partial charge in [0.05, 0.1) is 11.9 Å². The molecule has 5 nitrogen and oxygen atoms in total. The first-order valence-electron chi connectivity index (χ1n) is 6.23. The SMILES string of the molecule is CN1C(=O)CCc2cc(-c3cnc(CO)[nH]3)ccc21. The van der Waals surface area contributed by atoms with E-state index >= 15 is 0 Å². The lowest BCUT2D eigenvalue weighted by atomic mass is 9.98. The molecule has 0 saturated carbocycles. The molecule has 2 heterocycles. The number of amides is 1. The van der Waals surface area contributed by atoms with Crippen LogP contribution in [0.5, 0.6) is 0 Å². The Morgan fingerprint density at radius 2 is 2.26 bits per heavy atom. The van der Waals surface area contributed by atoms with Crippen molar-refractivity contribution in [2.24, 2.45) is 0 Å². The number of hydrogen-bond acceptors (Lipinski definition) is 3. The van der Waals surface area contributed by atoms with Crippen molar-refractivity contribution in [3.05, 3.63) is 35.8 Å². The molecule has 0 saturated heterocycles. The van der Waals surface area contributed by atoms with Gasteiger partial charge in [0.2, 0.25) is 5.91 Å². The summed E-state index contributed by atoms with van der Waals surface area (Å²) >= 11 is 0. The van der Waals surface area contributed by atoms with Crippen molar-refractivity contribution in [3.8, 4) is 11.3 Å². The van der Waals surface area contributed by atoms with E-state index in [0.29, 0.717) is 12.2 Å². The molecule has 3 rings (SSSR count). The van der Waals surface area contributed by atoms with E-state index in [0.717, 1.165) is 23.4 Å². The fourth-order valence-electron chi connectivity index (χ4n) is 2.41. The molecule has 0 aliphatic carbocycles. The second-order valence-corrected chi connectivity index (χ2v) is 4.70. The maximum absolute atomic E-state index is 11.6. The van der Waals surface area contributed by atoms with E-state index in [1.54, 1.807) is 18.1 Å². The monoisotopic (exact) mass is 257 g/mol. The molecule has 0 atom stereocenters. The Kier molecular flexibility index (Phi) is 2.83. The van der Waals surface area contributed by atoms with Crippen molar-refractivity contribution in [1.82, 2.24) is 9.97 Å². The largest absolute Gasteiger partial charge is 0.388 e. The van der Waals surface area contributed by atoms with Crippen LogP contribution >= 0.6 is 0 Å². The number of aliphatic hydroxyl groups is 1. The number of H-pyrrole nitrogens is 1. The number of aromatic amines is 1. The van der Waals surface area contributed by atoms with Crippen LogP contribution in [0.3, 0.4) is 0 Å². The highest BCUT2D eigenvalue weighted by atomic mass is 16.3. The third-order valence-corrected chi connectivity index (χ3v) is 3.51. The first-order valence-corrected chi connectivity index (χ1v) is 6.23. The summed E-state index contributed by atoms with van der Waals surface area (Å²) in [6, 6.07) is 6.00. The molecule has 1 aromatic carbocycles.